The second-order valence-corrected chi connectivity index (χ2v) is 4.77. The summed E-state index contributed by atoms with van der Waals surface area (Å²) >= 11 is 0. The van der Waals surface area contributed by atoms with Crippen molar-refractivity contribution >= 4 is 5.69 Å². The summed E-state index contributed by atoms with van der Waals surface area (Å²) in [6, 6.07) is 10.5. The van der Waals surface area contributed by atoms with Crippen LogP contribution in [0.15, 0.2) is 30.3 Å². The first-order valence-corrected chi connectivity index (χ1v) is 7.22. The van der Waals surface area contributed by atoms with Crippen LogP contribution in [0.2, 0.25) is 0 Å². The highest BCUT2D eigenvalue weighted by atomic mass is 14.9. The fourth-order valence-corrected chi connectivity index (χ4v) is 2.05. The van der Waals surface area contributed by atoms with Crippen LogP contribution in [-0.4, -0.2) is 6.54 Å². The topological polar surface area (TPSA) is 12.0 Å². The Labute approximate surface area is 107 Å². The third-order valence-electron chi connectivity index (χ3n) is 3.13. The number of para-hydroxylation sites is 1. The third-order valence-corrected chi connectivity index (χ3v) is 3.13. The van der Waals surface area contributed by atoms with E-state index in [2.05, 4.69) is 42.6 Å². The predicted octanol–water partition coefficient (Wildman–Crippen LogP) is 5.24. The van der Waals surface area contributed by atoms with E-state index in [1.54, 1.807) is 0 Å². The SMILES string of the molecule is CCCCCCCCCCNc1ccccc1. The van der Waals surface area contributed by atoms with E-state index >= 15 is 0 Å². The Bertz CT molecular complexity index is 255. The highest BCUT2D eigenvalue weighted by Crippen LogP contribution is 2.09. The first-order valence-electron chi connectivity index (χ1n) is 7.22. The Morgan fingerprint density at radius 2 is 1.35 bits per heavy atom. The van der Waals surface area contributed by atoms with Gasteiger partial charge in [-0.2, -0.15) is 0 Å². The number of hydrogen-bond acceptors (Lipinski definition) is 1. The van der Waals surface area contributed by atoms with E-state index in [-0.39, 0.29) is 0 Å². The van der Waals surface area contributed by atoms with Gasteiger partial charge in [0.25, 0.3) is 0 Å². The highest BCUT2D eigenvalue weighted by Gasteiger charge is 1.92. The van der Waals surface area contributed by atoms with E-state index in [1.165, 1.54) is 57.1 Å². The second kappa shape index (κ2) is 10.2. The molecule has 0 unspecified atom stereocenters. The zero-order valence-electron chi connectivity index (χ0n) is 11.3. The Kier molecular flexibility index (Phi) is 8.44. The van der Waals surface area contributed by atoms with Crippen molar-refractivity contribution in [3.63, 3.8) is 0 Å². The van der Waals surface area contributed by atoms with Crippen molar-refractivity contribution in [2.24, 2.45) is 0 Å². The van der Waals surface area contributed by atoms with Crippen LogP contribution in [0.5, 0.6) is 0 Å². The molecule has 0 amide bonds. The average molecular weight is 233 g/mol. The Hall–Kier alpha value is -0.980. The Morgan fingerprint density at radius 3 is 2.00 bits per heavy atom. The number of nitrogens with one attached hydrogen (secondary N) is 1. The standard InChI is InChI=1S/C16H27N/c1-2-3-4-5-6-7-8-12-15-17-16-13-10-9-11-14-16/h9-11,13-14,17H,2-8,12,15H2,1H3. The van der Waals surface area contributed by atoms with Gasteiger partial charge in [0.1, 0.15) is 0 Å². The maximum absolute atomic E-state index is 3.46. The van der Waals surface area contributed by atoms with Crippen molar-refractivity contribution in [3.05, 3.63) is 30.3 Å². The molecule has 0 aliphatic heterocycles. The molecule has 0 saturated heterocycles. The first kappa shape index (κ1) is 14.1. The lowest BCUT2D eigenvalue weighted by atomic mass is 10.1. The molecule has 0 aromatic heterocycles. The van der Waals surface area contributed by atoms with Crippen molar-refractivity contribution < 1.29 is 0 Å². The van der Waals surface area contributed by atoms with Gasteiger partial charge in [0.05, 0.1) is 0 Å². The minimum Gasteiger partial charge on any atom is -0.385 e. The quantitative estimate of drug-likeness (QED) is 0.545. The number of rotatable bonds is 10. The third kappa shape index (κ3) is 7.84. The summed E-state index contributed by atoms with van der Waals surface area (Å²) in [7, 11) is 0. The summed E-state index contributed by atoms with van der Waals surface area (Å²) in [6.45, 7) is 3.38. The van der Waals surface area contributed by atoms with E-state index in [0.29, 0.717) is 0 Å². The molecule has 0 aliphatic carbocycles. The van der Waals surface area contributed by atoms with Gasteiger partial charge >= 0.3 is 0 Å². The molecular weight excluding hydrogens is 206 g/mol. The number of anilines is 1. The van der Waals surface area contributed by atoms with Crippen LogP contribution in [0, 0.1) is 0 Å². The van der Waals surface area contributed by atoms with Crippen LogP contribution >= 0.6 is 0 Å². The van der Waals surface area contributed by atoms with Gasteiger partial charge in [-0.15, -0.1) is 0 Å². The van der Waals surface area contributed by atoms with Gasteiger partial charge < -0.3 is 5.32 Å². The van der Waals surface area contributed by atoms with Crippen LogP contribution in [0.25, 0.3) is 0 Å². The second-order valence-electron chi connectivity index (χ2n) is 4.77. The molecule has 1 N–H and O–H groups in total. The summed E-state index contributed by atoms with van der Waals surface area (Å²) < 4.78 is 0. The molecule has 1 aromatic rings. The van der Waals surface area contributed by atoms with E-state index in [0.717, 1.165) is 6.54 Å². The van der Waals surface area contributed by atoms with Gasteiger partial charge in [0.2, 0.25) is 0 Å². The van der Waals surface area contributed by atoms with Gasteiger partial charge in [-0.1, -0.05) is 70.1 Å². The van der Waals surface area contributed by atoms with Crippen LogP contribution in [0.4, 0.5) is 5.69 Å². The maximum atomic E-state index is 3.46. The van der Waals surface area contributed by atoms with E-state index in [1.807, 2.05) is 0 Å². The van der Waals surface area contributed by atoms with Gasteiger partial charge in [0, 0.05) is 12.2 Å². The molecule has 0 radical (unpaired) electrons. The molecule has 1 nitrogen and oxygen atoms in total. The molecule has 0 saturated carbocycles. The lowest BCUT2D eigenvalue weighted by molar-refractivity contribution is 0.581. The molecule has 0 heterocycles. The normalized spacial score (nSPS) is 10.4. The minimum atomic E-state index is 1.11. The first-order chi connectivity index (χ1) is 8.43. The maximum Gasteiger partial charge on any atom is 0.0340 e. The van der Waals surface area contributed by atoms with Crippen molar-refractivity contribution in [2.45, 2.75) is 58.3 Å². The summed E-state index contributed by atoms with van der Waals surface area (Å²) in [5, 5.41) is 3.46. The van der Waals surface area contributed by atoms with Crippen molar-refractivity contribution in [2.75, 3.05) is 11.9 Å². The van der Waals surface area contributed by atoms with Crippen molar-refractivity contribution in [3.8, 4) is 0 Å². The molecule has 0 bridgehead atoms. The lowest BCUT2D eigenvalue weighted by Crippen LogP contribution is -2.00. The lowest BCUT2D eigenvalue weighted by Gasteiger charge is -2.05. The average Bonchev–Trinajstić information content (AvgIpc) is 2.38. The van der Waals surface area contributed by atoms with Gasteiger partial charge in [-0.25, -0.2) is 0 Å². The van der Waals surface area contributed by atoms with E-state index < -0.39 is 0 Å². The number of hydrogen-bond donors (Lipinski definition) is 1. The molecule has 0 fully saturated rings. The fourth-order valence-electron chi connectivity index (χ4n) is 2.05. The molecule has 96 valence electrons. The summed E-state index contributed by atoms with van der Waals surface area (Å²) in [6.07, 6.45) is 11.1. The number of benzene rings is 1. The Morgan fingerprint density at radius 1 is 0.765 bits per heavy atom. The molecule has 1 aromatic carbocycles. The highest BCUT2D eigenvalue weighted by molar-refractivity contribution is 5.42. The minimum absolute atomic E-state index is 1.11. The zero-order chi connectivity index (χ0) is 12.2. The van der Waals surface area contributed by atoms with Crippen LogP contribution in [0.1, 0.15) is 58.3 Å². The van der Waals surface area contributed by atoms with Gasteiger partial charge in [-0.05, 0) is 18.6 Å². The molecule has 1 heteroatoms. The van der Waals surface area contributed by atoms with Crippen LogP contribution < -0.4 is 5.32 Å². The largest absolute Gasteiger partial charge is 0.385 e. The number of unbranched alkanes of at least 4 members (excludes halogenated alkanes) is 7. The summed E-state index contributed by atoms with van der Waals surface area (Å²) in [5.74, 6) is 0. The molecule has 0 aliphatic rings. The summed E-state index contributed by atoms with van der Waals surface area (Å²) in [5.41, 5.74) is 1.25. The van der Waals surface area contributed by atoms with Crippen molar-refractivity contribution in [1.29, 1.82) is 0 Å². The van der Waals surface area contributed by atoms with E-state index in [4.69, 9.17) is 0 Å². The molecule has 1 rings (SSSR count). The molecular formula is C16H27N. The predicted molar refractivity (Wildman–Crippen MR) is 77.5 cm³/mol. The molecule has 0 spiro atoms. The smallest absolute Gasteiger partial charge is 0.0340 e. The van der Waals surface area contributed by atoms with E-state index in [9.17, 15) is 0 Å². The zero-order valence-corrected chi connectivity index (χ0v) is 11.3. The molecule has 17 heavy (non-hydrogen) atoms. The van der Waals surface area contributed by atoms with Crippen LogP contribution in [-0.2, 0) is 0 Å². The van der Waals surface area contributed by atoms with Gasteiger partial charge in [-0.3, -0.25) is 0 Å². The van der Waals surface area contributed by atoms with Crippen LogP contribution in [0.3, 0.4) is 0 Å². The summed E-state index contributed by atoms with van der Waals surface area (Å²) in [4.78, 5) is 0. The Balaban J connectivity index is 1.85. The van der Waals surface area contributed by atoms with Crippen molar-refractivity contribution in [1.82, 2.24) is 0 Å². The fraction of sp³-hybridized carbons (Fsp3) is 0.625. The van der Waals surface area contributed by atoms with Gasteiger partial charge in [0.15, 0.2) is 0 Å². The molecule has 0 atom stereocenters. The monoisotopic (exact) mass is 233 g/mol.